The first-order valence-corrected chi connectivity index (χ1v) is 10.6. The van der Waals surface area contributed by atoms with Gasteiger partial charge < -0.3 is 5.32 Å². The summed E-state index contributed by atoms with van der Waals surface area (Å²) < 4.78 is 0. The number of amides is 1. The summed E-state index contributed by atoms with van der Waals surface area (Å²) in [6, 6.07) is 15.3. The topological polar surface area (TPSA) is 32.3 Å². The first-order valence-electron chi connectivity index (χ1n) is 10.6. The molecule has 28 heavy (non-hydrogen) atoms. The van der Waals surface area contributed by atoms with E-state index in [2.05, 4.69) is 80.4 Å². The van der Waals surface area contributed by atoms with Crippen LogP contribution in [-0.4, -0.2) is 23.9 Å². The molecule has 150 valence electrons. The summed E-state index contributed by atoms with van der Waals surface area (Å²) >= 11 is 0. The highest BCUT2D eigenvalue weighted by Crippen LogP contribution is 2.25. The van der Waals surface area contributed by atoms with Gasteiger partial charge in [0.2, 0.25) is 5.91 Å². The van der Waals surface area contributed by atoms with E-state index in [-0.39, 0.29) is 17.9 Å². The predicted molar refractivity (Wildman–Crippen MR) is 116 cm³/mol. The maximum Gasteiger partial charge on any atom is 0.223 e. The van der Waals surface area contributed by atoms with E-state index in [0.717, 1.165) is 38.9 Å². The van der Waals surface area contributed by atoms with Crippen molar-refractivity contribution in [2.45, 2.75) is 59.5 Å². The van der Waals surface area contributed by atoms with E-state index in [4.69, 9.17) is 0 Å². The standard InChI is InChI=1S/C25H34N2O/c1-5-24(23-10-9-19(3)15-20(23)4)26-25(28)22-11-13-27(14-12-22)17-21-8-6-7-18(2)16-21/h6-10,15-16,22,24H,5,11-14,17H2,1-4H3,(H,26,28)/t24-/m1/s1. The Morgan fingerprint density at radius 3 is 2.43 bits per heavy atom. The average Bonchev–Trinajstić information content (AvgIpc) is 2.67. The zero-order valence-corrected chi connectivity index (χ0v) is 17.8. The lowest BCUT2D eigenvalue weighted by atomic mass is 9.93. The van der Waals surface area contributed by atoms with E-state index in [1.54, 1.807) is 0 Å². The molecule has 0 aliphatic carbocycles. The van der Waals surface area contributed by atoms with E-state index in [1.165, 1.54) is 27.8 Å². The minimum Gasteiger partial charge on any atom is -0.349 e. The maximum absolute atomic E-state index is 12.9. The second-order valence-corrected chi connectivity index (χ2v) is 8.37. The minimum absolute atomic E-state index is 0.110. The SMILES string of the molecule is CC[C@@H](NC(=O)C1CCN(Cc2cccc(C)c2)CC1)c1ccc(C)cc1C. The van der Waals surface area contributed by atoms with Gasteiger partial charge in [-0.2, -0.15) is 0 Å². The highest BCUT2D eigenvalue weighted by molar-refractivity contribution is 5.79. The lowest BCUT2D eigenvalue weighted by Crippen LogP contribution is -2.41. The Hall–Kier alpha value is -2.13. The second kappa shape index (κ2) is 9.38. The Morgan fingerprint density at radius 2 is 1.79 bits per heavy atom. The van der Waals surface area contributed by atoms with Gasteiger partial charge in [0.05, 0.1) is 6.04 Å². The fourth-order valence-corrected chi connectivity index (χ4v) is 4.33. The molecule has 3 rings (SSSR count). The van der Waals surface area contributed by atoms with Crippen LogP contribution in [0.25, 0.3) is 0 Å². The Balaban J connectivity index is 1.54. The monoisotopic (exact) mass is 378 g/mol. The number of nitrogens with one attached hydrogen (secondary N) is 1. The fourth-order valence-electron chi connectivity index (χ4n) is 4.33. The van der Waals surface area contributed by atoms with Crippen LogP contribution in [0.5, 0.6) is 0 Å². The van der Waals surface area contributed by atoms with Crippen LogP contribution in [0.2, 0.25) is 0 Å². The van der Waals surface area contributed by atoms with Crippen molar-refractivity contribution in [3.63, 3.8) is 0 Å². The van der Waals surface area contributed by atoms with Crippen LogP contribution >= 0.6 is 0 Å². The van der Waals surface area contributed by atoms with Crippen LogP contribution in [0.3, 0.4) is 0 Å². The van der Waals surface area contributed by atoms with Crippen LogP contribution in [0, 0.1) is 26.7 Å². The van der Waals surface area contributed by atoms with E-state index in [1.807, 2.05) is 0 Å². The van der Waals surface area contributed by atoms with Gasteiger partial charge in [-0.1, -0.05) is 60.5 Å². The smallest absolute Gasteiger partial charge is 0.223 e. The number of carbonyl (C=O) groups is 1. The first kappa shape index (κ1) is 20.6. The molecule has 2 aromatic rings. The van der Waals surface area contributed by atoms with Gasteiger partial charge in [0.25, 0.3) is 0 Å². The first-order chi connectivity index (χ1) is 13.5. The average molecular weight is 379 g/mol. The Morgan fingerprint density at radius 1 is 1.07 bits per heavy atom. The molecule has 0 radical (unpaired) electrons. The number of hydrogen-bond donors (Lipinski definition) is 1. The molecule has 1 N–H and O–H groups in total. The van der Waals surface area contributed by atoms with Gasteiger partial charge in [0.15, 0.2) is 0 Å². The summed E-state index contributed by atoms with van der Waals surface area (Å²) in [5, 5.41) is 3.33. The predicted octanol–water partition coefficient (Wildman–Crippen LogP) is 5.09. The molecule has 3 nitrogen and oxygen atoms in total. The molecule has 1 saturated heterocycles. The third-order valence-corrected chi connectivity index (χ3v) is 5.97. The number of nitrogens with zero attached hydrogens (tertiary/aromatic N) is 1. The highest BCUT2D eigenvalue weighted by Gasteiger charge is 2.26. The quantitative estimate of drug-likeness (QED) is 0.759. The molecule has 3 heteroatoms. The summed E-state index contributed by atoms with van der Waals surface area (Å²) in [5.74, 6) is 0.357. The molecule has 0 aromatic heterocycles. The number of benzene rings is 2. The molecule has 1 heterocycles. The molecule has 1 amide bonds. The summed E-state index contributed by atoms with van der Waals surface area (Å²) in [6.07, 6.45) is 2.81. The molecule has 2 aromatic carbocycles. The fraction of sp³-hybridized carbons (Fsp3) is 0.480. The van der Waals surface area contributed by atoms with Crippen molar-refractivity contribution in [2.24, 2.45) is 5.92 Å². The summed E-state index contributed by atoms with van der Waals surface area (Å²) in [5.41, 5.74) is 6.45. The Labute approximate surface area is 170 Å². The van der Waals surface area contributed by atoms with Crippen molar-refractivity contribution in [1.82, 2.24) is 10.2 Å². The second-order valence-electron chi connectivity index (χ2n) is 8.37. The third kappa shape index (κ3) is 5.23. The molecular weight excluding hydrogens is 344 g/mol. The van der Waals surface area contributed by atoms with Crippen LogP contribution in [0.15, 0.2) is 42.5 Å². The lowest BCUT2D eigenvalue weighted by Gasteiger charge is -2.32. The van der Waals surface area contributed by atoms with Crippen molar-refractivity contribution in [1.29, 1.82) is 0 Å². The maximum atomic E-state index is 12.9. The largest absolute Gasteiger partial charge is 0.349 e. The van der Waals surface area contributed by atoms with Gasteiger partial charge in [0.1, 0.15) is 0 Å². The van der Waals surface area contributed by atoms with Gasteiger partial charge in [-0.25, -0.2) is 0 Å². The van der Waals surface area contributed by atoms with Crippen molar-refractivity contribution >= 4 is 5.91 Å². The van der Waals surface area contributed by atoms with E-state index < -0.39 is 0 Å². The van der Waals surface area contributed by atoms with Gasteiger partial charge >= 0.3 is 0 Å². The molecular formula is C25H34N2O. The summed E-state index contributed by atoms with van der Waals surface area (Å²) in [7, 11) is 0. The number of rotatable bonds is 6. The van der Waals surface area contributed by atoms with Gasteiger partial charge in [-0.3, -0.25) is 9.69 Å². The summed E-state index contributed by atoms with van der Waals surface area (Å²) in [6.45, 7) is 11.5. The Kier molecular flexibility index (Phi) is 6.90. The molecule has 0 unspecified atom stereocenters. The van der Waals surface area contributed by atoms with Crippen LogP contribution in [0.1, 0.15) is 60.0 Å². The molecule has 1 fully saturated rings. The van der Waals surface area contributed by atoms with Crippen LogP contribution < -0.4 is 5.32 Å². The zero-order chi connectivity index (χ0) is 20.1. The van der Waals surface area contributed by atoms with Gasteiger partial charge in [-0.15, -0.1) is 0 Å². The van der Waals surface area contributed by atoms with Crippen molar-refractivity contribution < 1.29 is 4.79 Å². The van der Waals surface area contributed by atoms with Crippen LogP contribution in [-0.2, 0) is 11.3 Å². The molecule has 0 bridgehead atoms. The van der Waals surface area contributed by atoms with Crippen molar-refractivity contribution in [3.8, 4) is 0 Å². The van der Waals surface area contributed by atoms with Gasteiger partial charge in [0, 0.05) is 12.5 Å². The van der Waals surface area contributed by atoms with E-state index in [0.29, 0.717) is 0 Å². The normalized spacial score (nSPS) is 16.7. The highest BCUT2D eigenvalue weighted by atomic mass is 16.1. The number of aryl methyl sites for hydroxylation is 3. The molecule has 1 atom stereocenters. The number of likely N-dealkylation sites (tertiary alicyclic amines) is 1. The van der Waals surface area contributed by atoms with Gasteiger partial charge in [-0.05, 0) is 69.8 Å². The summed E-state index contributed by atoms with van der Waals surface area (Å²) in [4.78, 5) is 15.4. The molecule has 1 aliphatic rings. The molecule has 1 aliphatic heterocycles. The van der Waals surface area contributed by atoms with E-state index in [9.17, 15) is 4.79 Å². The van der Waals surface area contributed by atoms with Crippen molar-refractivity contribution in [2.75, 3.05) is 13.1 Å². The Bertz CT molecular complexity index is 806. The minimum atomic E-state index is 0.110. The number of piperidine rings is 1. The zero-order valence-electron chi connectivity index (χ0n) is 17.8. The third-order valence-electron chi connectivity index (χ3n) is 5.97. The van der Waals surface area contributed by atoms with Crippen molar-refractivity contribution in [3.05, 3.63) is 70.3 Å². The molecule has 0 spiro atoms. The van der Waals surface area contributed by atoms with Crippen LogP contribution in [0.4, 0.5) is 0 Å². The number of hydrogen-bond acceptors (Lipinski definition) is 2. The number of carbonyl (C=O) groups excluding carboxylic acids is 1. The lowest BCUT2D eigenvalue weighted by molar-refractivity contribution is -0.127. The van der Waals surface area contributed by atoms with E-state index >= 15 is 0 Å². The molecule has 0 saturated carbocycles.